The molecule has 0 bridgehead atoms. The lowest BCUT2D eigenvalue weighted by molar-refractivity contribution is 0.414. The standard InChI is InChI=1S/C10H14NO/c1-3-10(11)8-4-6-9(12-2)7-5-8/h4-7H,3,11H2,1-2H3. The summed E-state index contributed by atoms with van der Waals surface area (Å²) in [5.41, 5.74) is 6.84. The van der Waals surface area contributed by atoms with Crippen molar-refractivity contribution in [2.45, 2.75) is 13.3 Å². The van der Waals surface area contributed by atoms with E-state index in [1.165, 1.54) is 0 Å². The minimum atomic E-state index is 0.864. The Morgan fingerprint density at radius 2 is 1.92 bits per heavy atom. The van der Waals surface area contributed by atoms with Crippen LogP contribution in [0.1, 0.15) is 18.9 Å². The van der Waals surface area contributed by atoms with Gasteiger partial charge in [0.15, 0.2) is 0 Å². The van der Waals surface area contributed by atoms with E-state index in [0.29, 0.717) is 0 Å². The van der Waals surface area contributed by atoms with Gasteiger partial charge in [-0.25, -0.2) is 0 Å². The van der Waals surface area contributed by atoms with E-state index in [1.54, 1.807) is 7.11 Å². The van der Waals surface area contributed by atoms with Crippen LogP contribution in [0, 0.1) is 6.04 Å². The molecule has 0 saturated carbocycles. The van der Waals surface area contributed by atoms with Crippen molar-refractivity contribution in [2.75, 3.05) is 7.11 Å². The van der Waals surface area contributed by atoms with Gasteiger partial charge < -0.3 is 10.5 Å². The summed E-state index contributed by atoms with van der Waals surface area (Å²) in [7, 11) is 1.65. The highest BCUT2D eigenvalue weighted by atomic mass is 16.5. The molecule has 0 amide bonds. The molecule has 0 aliphatic rings. The number of rotatable bonds is 3. The predicted octanol–water partition coefficient (Wildman–Crippen LogP) is 1.94. The van der Waals surface area contributed by atoms with E-state index in [0.717, 1.165) is 23.8 Å². The van der Waals surface area contributed by atoms with Crippen molar-refractivity contribution >= 4 is 0 Å². The van der Waals surface area contributed by atoms with E-state index < -0.39 is 0 Å². The smallest absolute Gasteiger partial charge is 0.118 e. The summed E-state index contributed by atoms with van der Waals surface area (Å²) in [5.74, 6) is 0.864. The van der Waals surface area contributed by atoms with Gasteiger partial charge >= 0.3 is 0 Å². The van der Waals surface area contributed by atoms with Crippen LogP contribution in [0.5, 0.6) is 5.75 Å². The van der Waals surface area contributed by atoms with Crippen LogP contribution in [0.2, 0.25) is 0 Å². The van der Waals surface area contributed by atoms with Crippen LogP contribution in [0.4, 0.5) is 0 Å². The molecule has 0 saturated heterocycles. The molecule has 1 rings (SSSR count). The second-order valence-corrected chi connectivity index (χ2v) is 2.61. The van der Waals surface area contributed by atoms with Crippen LogP contribution in [0.3, 0.4) is 0 Å². The fraction of sp³-hybridized carbons (Fsp3) is 0.300. The monoisotopic (exact) mass is 164 g/mol. The number of ether oxygens (including phenoxy) is 1. The van der Waals surface area contributed by atoms with Crippen molar-refractivity contribution in [1.29, 1.82) is 0 Å². The molecule has 0 unspecified atom stereocenters. The molecule has 0 spiro atoms. The Labute approximate surface area is 73.3 Å². The summed E-state index contributed by atoms with van der Waals surface area (Å²) in [6.45, 7) is 2.04. The van der Waals surface area contributed by atoms with Gasteiger partial charge in [-0.05, 0) is 24.1 Å². The molecule has 0 aliphatic carbocycles. The van der Waals surface area contributed by atoms with Crippen molar-refractivity contribution in [3.8, 4) is 5.75 Å². The molecule has 0 aromatic heterocycles. The van der Waals surface area contributed by atoms with Crippen molar-refractivity contribution in [3.63, 3.8) is 0 Å². The zero-order valence-corrected chi connectivity index (χ0v) is 7.50. The fourth-order valence-electron chi connectivity index (χ4n) is 1.01. The summed E-state index contributed by atoms with van der Waals surface area (Å²) in [5, 5.41) is 0. The van der Waals surface area contributed by atoms with E-state index in [9.17, 15) is 0 Å². The highest BCUT2D eigenvalue weighted by molar-refractivity contribution is 5.34. The summed E-state index contributed by atoms with van der Waals surface area (Å²) in [6.07, 6.45) is 0.881. The van der Waals surface area contributed by atoms with Gasteiger partial charge in [0.1, 0.15) is 5.75 Å². The highest BCUT2D eigenvalue weighted by Crippen LogP contribution is 2.16. The summed E-state index contributed by atoms with van der Waals surface area (Å²) in [4.78, 5) is 0. The zero-order chi connectivity index (χ0) is 8.97. The molecule has 1 aromatic rings. The molecule has 2 heteroatoms. The minimum Gasteiger partial charge on any atom is -0.497 e. The molecule has 2 nitrogen and oxygen atoms in total. The first-order chi connectivity index (χ1) is 5.77. The third kappa shape index (κ3) is 1.98. The summed E-state index contributed by atoms with van der Waals surface area (Å²) >= 11 is 0. The summed E-state index contributed by atoms with van der Waals surface area (Å²) < 4.78 is 5.03. The van der Waals surface area contributed by atoms with Crippen LogP contribution in [-0.2, 0) is 0 Å². The lowest BCUT2D eigenvalue weighted by Gasteiger charge is -2.08. The van der Waals surface area contributed by atoms with Crippen LogP contribution >= 0.6 is 0 Å². The third-order valence-electron chi connectivity index (χ3n) is 1.84. The Balaban J connectivity index is 2.77. The van der Waals surface area contributed by atoms with Crippen molar-refractivity contribution in [3.05, 3.63) is 35.9 Å². The van der Waals surface area contributed by atoms with Gasteiger partial charge in [-0.2, -0.15) is 0 Å². The maximum absolute atomic E-state index is 5.76. The quantitative estimate of drug-likeness (QED) is 0.741. The molecule has 1 radical (unpaired) electrons. The largest absolute Gasteiger partial charge is 0.497 e. The van der Waals surface area contributed by atoms with E-state index in [1.807, 2.05) is 31.2 Å². The fourth-order valence-corrected chi connectivity index (χ4v) is 1.01. The topological polar surface area (TPSA) is 35.2 Å². The van der Waals surface area contributed by atoms with Crippen molar-refractivity contribution < 1.29 is 4.74 Å². The SMILES string of the molecule is CC[C](N)c1ccc(OC)cc1. The van der Waals surface area contributed by atoms with Gasteiger partial charge in [0.05, 0.1) is 13.2 Å². The second-order valence-electron chi connectivity index (χ2n) is 2.61. The first-order valence-corrected chi connectivity index (χ1v) is 4.03. The lowest BCUT2D eigenvalue weighted by Crippen LogP contribution is -2.09. The molecule has 1 aromatic carbocycles. The van der Waals surface area contributed by atoms with Gasteiger partial charge in [0.25, 0.3) is 0 Å². The van der Waals surface area contributed by atoms with E-state index in [4.69, 9.17) is 10.5 Å². The Hall–Kier alpha value is -1.02. The van der Waals surface area contributed by atoms with E-state index in [-0.39, 0.29) is 0 Å². The Kier molecular flexibility index (Phi) is 3.11. The van der Waals surface area contributed by atoms with Gasteiger partial charge in [-0.15, -0.1) is 0 Å². The second kappa shape index (κ2) is 4.12. The Morgan fingerprint density at radius 3 is 2.33 bits per heavy atom. The van der Waals surface area contributed by atoms with Crippen LogP contribution in [0.15, 0.2) is 24.3 Å². The molecule has 2 N–H and O–H groups in total. The van der Waals surface area contributed by atoms with Crippen LogP contribution < -0.4 is 10.5 Å². The maximum atomic E-state index is 5.76. The van der Waals surface area contributed by atoms with Crippen molar-refractivity contribution in [1.82, 2.24) is 0 Å². The minimum absolute atomic E-state index is 0.864. The van der Waals surface area contributed by atoms with Gasteiger partial charge in [-0.1, -0.05) is 19.1 Å². The molecule has 0 heterocycles. The third-order valence-corrected chi connectivity index (χ3v) is 1.84. The normalized spacial score (nSPS) is 10.3. The van der Waals surface area contributed by atoms with Crippen molar-refractivity contribution in [2.24, 2.45) is 5.73 Å². The van der Waals surface area contributed by atoms with Crippen LogP contribution in [0.25, 0.3) is 0 Å². The average Bonchev–Trinajstić information content (AvgIpc) is 2.17. The highest BCUT2D eigenvalue weighted by Gasteiger charge is 2.02. The predicted molar refractivity (Wildman–Crippen MR) is 49.8 cm³/mol. The Bertz CT molecular complexity index is 230. The molecular formula is C10H14NO. The zero-order valence-electron chi connectivity index (χ0n) is 7.50. The number of benzene rings is 1. The number of methoxy groups -OCH3 is 1. The number of hydrogen-bond donors (Lipinski definition) is 1. The number of nitrogens with two attached hydrogens (primary N) is 1. The number of hydrogen-bond acceptors (Lipinski definition) is 2. The molecule has 0 atom stereocenters. The molecular weight excluding hydrogens is 150 g/mol. The van der Waals surface area contributed by atoms with E-state index in [2.05, 4.69) is 0 Å². The first-order valence-electron chi connectivity index (χ1n) is 4.03. The van der Waals surface area contributed by atoms with Gasteiger partial charge in [0, 0.05) is 0 Å². The average molecular weight is 164 g/mol. The summed E-state index contributed by atoms with van der Waals surface area (Å²) in [6, 6.07) is 8.68. The maximum Gasteiger partial charge on any atom is 0.118 e. The van der Waals surface area contributed by atoms with Gasteiger partial charge in [0.2, 0.25) is 0 Å². The van der Waals surface area contributed by atoms with E-state index >= 15 is 0 Å². The van der Waals surface area contributed by atoms with Gasteiger partial charge in [-0.3, -0.25) is 0 Å². The molecule has 0 aliphatic heterocycles. The molecule has 12 heavy (non-hydrogen) atoms. The molecule has 0 fully saturated rings. The molecule has 65 valence electrons. The lowest BCUT2D eigenvalue weighted by atomic mass is 10.1. The first kappa shape index (κ1) is 9.07. The van der Waals surface area contributed by atoms with Crippen LogP contribution in [-0.4, -0.2) is 7.11 Å². The Morgan fingerprint density at radius 1 is 1.33 bits per heavy atom.